The average molecular weight is 408 g/mol. The van der Waals surface area contributed by atoms with E-state index >= 15 is 0 Å². The highest BCUT2D eigenvalue weighted by Gasteiger charge is 2.42. The van der Waals surface area contributed by atoms with Crippen LogP contribution in [0.1, 0.15) is 24.0 Å². The number of alkyl halides is 2. The maximum atomic E-state index is 14.3. The van der Waals surface area contributed by atoms with Crippen molar-refractivity contribution in [2.45, 2.75) is 36.6 Å². The molecule has 0 aliphatic carbocycles. The van der Waals surface area contributed by atoms with Gasteiger partial charge in [0.1, 0.15) is 0 Å². The van der Waals surface area contributed by atoms with Crippen LogP contribution >= 0.6 is 0 Å². The number of halogens is 2. The van der Waals surface area contributed by atoms with Gasteiger partial charge in [0.25, 0.3) is 5.91 Å². The van der Waals surface area contributed by atoms with Gasteiger partial charge in [0.2, 0.25) is 10.0 Å². The Bertz CT molecular complexity index is 924. The molecule has 0 bridgehead atoms. The van der Waals surface area contributed by atoms with Crippen LogP contribution in [0.4, 0.5) is 8.78 Å². The first-order valence-electron chi connectivity index (χ1n) is 9.02. The number of nitrogens with zero attached hydrogens (tertiary/aromatic N) is 1. The zero-order valence-electron chi connectivity index (χ0n) is 15.4. The van der Waals surface area contributed by atoms with E-state index < -0.39 is 27.9 Å². The Balaban J connectivity index is 1.61. The predicted octanol–water partition coefficient (Wildman–Crippen LogP) is 3.06. The van der Waals surface area contributed by atoms with E-state index in [2.05, 4.69) is 5.32 Å². The van der Waals surface area contributed by atoms with Crippen molar-refractivity contribution in [2.24, 2.45) is 0 Å². The average Bonchev–Trinajstić information content (AvgIpc) is 2.69. The minimum Gasteiger partial charge on any atom is -0.348 e. The fourth-order valence-corrected chi connectivity index (χ4v) is 4.62. The van der Waals surface area contributed by atoms with E-state index in [1.807, 2.05) is 6.92 Å². The number of carbonyl (C=O) groups excluding carboxylic acids is 1. The molecule has 1 heterocycles. The van der Waals surface area contributed by atoms with Gasteiger partial charge in [-0.2, -0.15) is 13.1 Å². The summed E-state index contributed by atoms with van der Waals surface area (Å²) in [6, 6.07) is 13.0. The lowest BCUT2D eigenvalue weighted by molar-refractivity contribution is -0.148. The summed E-state index contributed by atoms with van der Waals surface area (Å²) in [5.41, 5.74) is 0.589. The molecule has 1 saturated heterocycles. The molecule has 28 heavy (non-hydrogen) atoms. The summed E-state index contributed by atoms with van der Waals surface area (Å²) >= 11 is 0. The number of benzene rings is 2. The van der Waals surface area contributed by atoms with Crippen molar-refractivity contribution in [3.8, 4) is 0 Å². The maximum absolute atomic E-state index is 14.3. The molecule has 0 saturated carbocycles. The lowest BCUT2D eigenvalue weighted by Crippen LogP contribution is -2.49. The molecule has 1 aliphatic rings. The highest BCUT2D eigenvalue weighted by Crippen LogP contribution is 2.29. The molecule has 2 aromatic rings. The topological polar surface area (TPSA) is 66.5 Å². The van der Waals surface area contributed by atoms with Gasteiger partial charge in [-0.1, -0.05) is 48.0 Å². The molecule has 1 amide bonds. The highest BCUT2D eigenvalue weighted by atomic mass is 32.2. The Labute approximate surface area is 163 Å². The molecule has 1 aliphatic heterocycles. The Hall–Kier alpha value is -2.32. The van der Waals surface area contributed by atoms with Crippen LogP contribution in [0.3, 0.4) is 0 Å². The smallest absolute Gasteiger partial charge is 0.348 e. The minimum absolute atomic E-state index is 0.165. The SMILES string of the molecule is Cc1ccc(S(=O)(=O)N2CCC(NC(=O)C(F)(F)c3ccccc3)CC2)cc1. The van der Waals surface area contributed by atoms with Crippen molar-refractivity contribution in [1.29, 1.82) is 0 Å². The molecular weight excluding hydrogens is 386 g/mol. The second-order valence-electron chi connectivity index (χ2n) is 6.91. The van der Waals surface area contributed by atoms with E-state index in [0.717, 1.165) is 5.56 Å². The van der Waals surface area contributed by atoms with E-state index in [1.165, 1.54) is 28.6 Å². The molecule has 0 aromatic heterocycles. The van der Waals surface area contributed by atoms with Gasteiger partial charge in [-0.3, -0.25) is 4.79 Å². The van der Waals surface area contributed by atoms with Gasteiger partial charge in [0.15, 0.2) is 0 Å². The molecule has 150 valence electrons. The van der Waals surface area contributed by atoms with Crippen molar-refractivity contribution in [2.75, 3.05) is 13.1 Å². The third-order valence-electron chi connectivity index (χ3n) is 4.87. The zero-order chi connectivity index (χ0) is 20.4. The summed E-state index contributed by atoms with van der Waals surface area (Å²) in [7, 11) is -3.63. The Morgan fingerprint density at radius 1 is 1.04 bits per heavy atom. The molecule has 1 N–H and O–H groups in total. The highest BCUT2D eigenvalue weighted by molar-refractivity contribution is 7.89. The fourth-order valence-electron chi connectivity index (χ4n) is 3.15. The normalized spacial score (nSPS) is 16.7. The Morgan fingerprint density at radius 2 is 1.61 bits per heavy atom. The van der Waals surface area contributed by atoms with Gasteiger partial charge in [-0.25, -0.2) is 8.42 Å². The predicted molar refractivity (Wildman–Crippen MR) is 101 cm³/mol. The number of hydrogen-bond acceptors (Lipinski definition) is 3. The summed E-state index contributed by atoms with van der Waals surface area (Å²) in [5.74, 6) is -5.00. The summed E-state index contributed by atoms with van der Waals surface area (Å²) in [5, 5.41) is 2.37. The molecule has 0 spiro atoms. The molecular formula is C20H22F2N2O3S. The molecule has 0 atom stereocenters. The van der Waals surface area contributed by atoms with Crippen molar-refractivity contribution in [1.82, 2.24) is 9.62 Å². The van der Waals surface area contributed by atoms with Crippen LogP contribution < -0.4 is 5.32 Å². The summed E-state index contributed by atoms with van der Waals surface area (Å²) in [6.07, 6.45) is 0.559. The molecule has 5 nitrogen and oxygen atoms in total. The number of sulfonamides is 1. The van der Waals surface area contributed by atoms with Gasteiger partial charge in [-0.15, -0.1) is 0 Å². The molecule has 8 heteroatoms. The first kappa shape index (κ1) is 20.4. The molecule has 2 aromatic carbocycles. The standard InChI is InChI=1S/C20H22F2N2O3S/c1-15-7-9-18(10-8-15)28(26,27)24-13-11-17(12-14-24)23-19(25)20(21,22)16-5-3-2-4-6-16/h2-10,17H,11-14H2,1H3,(H,23,25). The number of aryl methyl sites for hydroxylation is 1. The van der Waals surface area contributed by atoms with Crippen molar-refractivity contribution >= 4 is 15.9 Å². The Morgan fingerprint density at radius 3 is 2.18 bits per heavy atom. The van der Waals surface area contributed by atoms with Gasteiger partial charge in [0, 0.05) is 24.7 Å². The van der Waals surface area contributed by atoms with Gasteiger partial charge in [-0.05, 0) is 31.9 Å². The van der Waals surface area contributed by atoms with E-state index in [0.29, 0.717) is 0 Å². The maximum Gasteiger partial charge on any atom is 0.349 e. The lowest BCUT2D eigenvalue weighted by Gasteiger charge is -2.32. The summed E-state index contributed by atoms with van der Waals surface area (Å²) in [4.78, 5) is 12.3. The quantitative estimate of drug-likeness (QED) is 0.827. The monoisotopic (exact) mass is 408 g/mol. The Kier molecular flexibility index (Phi) is 5.81. The van der Waals surface area contributed by atoms with Crippen molar-refractivity contribution < 1.29 is 22.0 Å². The van der Waals surface area contributed by atoms with Crippen LogP contribution in [0.2, 0.25) is 0 Å². The zero-order valence-corrected chi connectivity index (χ0v) is 16.3. The first-order chi connectivity index (χ1) is 13.2. The fraction of sp³-hybridized carbons (Fsp3) is 0.350. The van der Waals surface area contributed by atoms with E-state index in [-0.39, 0.29) is 36.4 Å². The molecule has 3 rings (SSSR count). The van der Waals surface area contributed by atoms with Crippen LogP contribution in [-0.2, 0) is 20.7 Å². The molecule has 1 fully saturated rings. The van der Waals surface area contributed by atoms with Crippen LogP contribution in [0.25, 0.3) is 0 Å². The second kappa shape index (κ2) is 7.97. The second-order valence-corrected chi connectivity index (χ2v) is 8.84. The van der Waals surface area contributed by atoms with Gasteiger partial charge in [0.05, 0.1) is 4.90 Å². The number of rotatable bonds is 5. The molecule has 0 radical (unpaired) electrons. The van der Waals surface area contributed by atoms with E-state index in [4.69, 9.17) is 0 Å². The number of nitrogens with one attached hydrogen (secondary N) is 1. The number of carbonyl (C=O) groups is 1. The number of amides is 1. The van der Waals surface area contributed by atoms with Gasteiger partial charge < -0.3 is 5.32 Å². The van der Waals surface area contributed by atoms with Crippen LogP contribution in [0, 0.1) is 6.92 Å². The first-order valence-corrected chi connectivity index (χ1v) is 10.5. The van der Waals surface area contributed by atoms with E-state index in [1.54, 1.807) is 30.3 Å². The number of hydrogen-bond donors (Lipinski definition) is 1. The summed E-state index contributed by atoms with van der Waals surface area (Å²) in [6.45, 7) is 2.20. The molecule has 0 unspecified atom stereocenters. The number of piperidine rings is 1. The van der Waals surface area contributed by atoms with Crippen molar-refractivity contribution in [3.63, 3.8) is 0 Å². The third-order valence-corrected chi connectivity index (χ3v) is 6.78. The minimum atomic E-state index is -3.63. The van der Waals surface area contributed by atoms with Crippen LogP contribution in [0.15, 0.2) is 59.5 Å². The van der Waals surface area contributed by atoms with Crippen LogP contribution in [0.5, 0.6) is 0 Å². The van der Waals surface area contributed by atoms with Crippen molar-refractivity contribution in [3.05, 3.63) is 65.7 Å². The lowest BCUT2D eigenvalue weighted by atomic mass is 10.0. The van der Waals surface area contributed by atoms with Gasteiger partial charge >= 0.3 is 5.92 Å². The van der Waals surface area contributed by atoms with Crippen LogP contribution in [-0.4, -0.2) is 37.8 Å². The largest absolute Gasteiger partial charge is 0.349 e. The van der Waals surface area contributed by atoms with E-state index in [9.17, 15) is 22.0 Å². The summed E-state index contributed by atoms with van der Waals surface area (Å²) < 4.78 is 55.3. The third kappa shape index (κ3) is 4.23.